The van der Waals surface area contributed by atoms with E-state index in [1.54, 1.807) is 11.3 Å². The fourth-order valence-corrected chi connectivity index (χ4v) is 5.37. The van der Waals surface area contributed by atoms with Gasteiger partial charge in [-0.2, -0.15) is 0 Å². The monoisotopic (exact) mass is 440 g/mol. The molecular weight excluding hydrogens is 416 g/mol. The van der Waals surface area contributed by atoms with Crippen molar-refractivity contribution in [1.29, 1.82) is 0 Å². The summed E-state index contributed by atoms with van der Waals surface area (Å²) in [6.07, 6.45) is 0.448. The highest BCUT2D eigenvalue weighted by Gasteiger charge is 2.21. The molecule has 1 fully saturated rings. The molecule has 6 nitrogen and oxygen atoms in total. The van der Waals surface area contributed by atoms with E-state index >= 15 is 0 Å². The number of aromatic nitrogens is 1. The molecule has 0 unspecified atom stereocenters. The lowest BCUT2D eigenvalue weighted by atomic mass is 10.2. The summed E-state index contributed by atoms with van der Waals surface area (Å²) in [5.41, 5.74) is 2.88. The van der Waals surface area contributed by atoms with Gasteiger partial charge in [-0.15, -0.1) is 11.3 Å². The highest BCUT2D eigenvalue weighted by Crippen LogP contribution is 2.31. The van der Waals surface area contributed by atoms with Gasteiger partial charge in [0.2, 0.25) is 11.8 Å². The summed E-state index contributed by atoms with van der Waals surface area (Å²) in [5.74, 6) is 0.541. The molecular formula is C22H24N4O2S2. The molecule has 0 aliphatic carbocycles. The molecule has 156 valence electrons. The van der Waals surface area contributed by atoms with Crippen molar-refractivity contribution < 1.29 is 9.59 Å². The minimum absolute atomic E-state index is 0.00794. The Bertz CT molecular complexity index is 1030. The van der Waals surface area contributed by atoms with E-state index in [4.69, 9.17) is 0 Å². The number of nitrogens with one attached hydrogen (secondary N) is 1. The van der Waals surface area contributed by atoms with Crippen LogP contribution < -0.4 is 10.2 Å². The topological polar surface area (TPSA) is 65.5 Å². The summed E-state index contributed by atoms with van der Waals surface area (Å²) in [6.45, 7) is 5.03. The van der Waals surface area contributed by atoms with E-state index in [0.29, 0.717) is 12.2 Å². The molecule has 3 aromatic rings. The van der Waals surface area contributed by atoms with Gasteiger partial charge in [0, 0.05) is 44.0 Å². The van der Waals surface area contributed by atoms with Crippen molar-refractivity contribution in [2.75, 3.05) is 42.1 Å². The minimum atomic E-state index is -0.00794. The van der Waals surface area contributed by atoms with Crippen LogP contribution in [0.15, 0.2) is 52.9 Å². The number of amides is 2. The average molecular weight is 441 g/mol. The molecule has 1 aliphatic heterocycles. The smallest absolute Gasteiger partial charge is 0.233 e. The Morgan fingerprint density at radius 3 is 2.60 bits per heavy atom. The Kier molecular flexibility index (Phi) is 6.54. The second kappa shape index (κ2) is 9.49. The zero-order valence-corrected chi connectivity index (χ0v) is 18.5. The maximum atomic E-state index is 12.7. The Hall–Kier alpha value is -2.58. The van der Waals surface area contributed by atoms with Gasteiger partial charge in [0.1, 0.15) is 0 Å². The summed E-state index contributed by atoms with van der Waals surface area (Å²) in [6, 6.07) is 16.0. The summed E-state index contributed by atoms with van der Waals surface area (Å²) in [5, 5.41) is 2.87. The van der Waals surface area contributed by atoms with Gasteiger partial charge in [0.25, 0.3) is 0 Å². The van der Waals surface area contributed by atoms with Crippen LogP contribution in [0.3, 0.4) is 0 Å². The first-order valence-electron chi connectivity index (χ1n) is 10.0. The van der Waals surface area contributed by atoms with Crippen molar-refractivity contribution >= 4 is 56.5 Å². The molecule has 1 N–H and O–H groups in total. The number of hydrogen-bond acceptors (Lipinski definition) is 6. The normalized spacial score (nSPS) is 14.2. The molecule has 1 aromatic heterocycles. The number of hydrogen-bond donors (Lipinski definition) is 1. The fourth-order valence-electron chi connectivity index (χ4n) is 3.36. The molecule has 4 rings (SSSR count). The van der Waals surface area contributed by atoms with Crippen LogP contribution in [0.25, 0.3) is 10.2 Å². The van der Waals surface area contributed by atoms with Crippen molar-refractivity contribution in [2.45, 2.75) is 17.7 Å². The van der Waals surface area contributed by atoms with Crippen LogP contribution in [0.5, 0.6) is 0 Å². The lowest BCUT2D eigenvalue weighted by Crippen LogP contribution is -2.49. The fraction of sp³-hybridized carbons (Fsp3) is 0.318. The van der Waals surface area contributed by atoms with Crippen molar-refractivity contribution in [3.05, 3.63) is 48.5 Å². The maximum Gasteiger partial charge on any atom is 0.233 e. The number of benzene rings is 2. The Morgan fingerprint density at radius 2 is 1.87 bits per heavy atom. The number of carbonyl (C=O) groups excluding carboxylic acids is 2. The molecule has 0 atom stereocenters. The first-order valence-corrected chi connectivity index (χ1v) is 11.8. The van der Waals surface area contributed by atoms with Crippen molar-refractivity contribution in [2.24, 2.45) is 0 Å². The molecule has 0 saturated carbocycles. The van der Waals surface area contributed by atoms with Crippen LogP contribution >= 0.6 is 23.1 Å². The van der Waals surface area contributed by atoms with Gasteiger partial charge < -0.3 is 15.1 Å². The number of thioether (sulfide) groups is 1. The van der Waals surface area contributed by atoms with E-state index in [1.165, 1.54) is 17.4 Å². The number of thiazole rings is 1. The zero-order chi connectivity index (χ0) is 20.9. The highest BCUT2D eigenvalue weighted by atomic mass is 32.2. The minimum Gasteiger partial charge on any atom is -0.368 e. The third-order valence-corrected chi connectivity index (χ3v) is 7.19. The largest absolute Gasteiger partial charge is 0.368 e. The van der Waals surface area contributed by atoms with Gasteiger partial charge in [0.15, 0.2) is 4.34 Å². The van der Waals surface area contributed by atoms with Crippen LogP contribution in [0.1, 0.15) is 13.3 Å². The Balaban J connectivity index is 1.30. The first kappa shape index (κ1) is 20.7. The van der Waals surface area contributed by atoms with Gasteiger partial charge >= 0.3 is 0 Å². The number of piperazine rings is 1. The number of nitrogens with zero attached hydrogens (tertiary/aromatic N) is 3. The number of rotatable bonds is 6. The molecule has 2 amide bonds. The maximum absolute atomic E-state index is 12.7. The SMILES string of the molecule is CCC(=O)Nc1ccc2nc(SCC(=O)N3CCN(c4ccccc4)CC3)sc2c1. The van der Waals surface area contributed by atoms with Crippen LogP contribution in [-0.2, 0) is 9.59 Å². The Morgan fingerprint density at radius 1 is 1.10 bits per heavy atom. The van der Waals surface area contributed by atoms with E-state index < -0.39 is 0 Å². The second-order valence-electron chi connectivity index (χ2n) is 7.06. The highest BCUT2D eigenvalue weighted by molar-refractivity contribution is 8.01. The molecule has 8 heteroatoms. The van der Waals surface area contributed by atoms with Crippen LogP contribution in [0, 0.1) is 0 Å². The molecule has 0 bridgehead atoms. The summed E-state index contributed by atoms with van der Waals surface area (Å²) >= 11 is 3.04. The number of fused-ring (bicyclic) bond motifs is 1. The Labute approximate surface area is 184 Å². The molecule has 30 heavy (non-hydrogen) atoms. The number of anilines is 2. The van der Waals surface area contributed by atoms with E-state index in [-0.39, 0.29) is 11.8 Å². The van der Waals surface area contributed by atoms with Crippen LogP contribution in [-0.4, -0.2) is 53.6 Å². The van der Waals surface area contributed by atoms with Crippen molar-refractivity contribution in [3.63, 3.8) is 0 Å². The molecule has 2 aromatic carbocycles. The predicted octanol–water partition coefficient (Wildman–Crippen LogP) is 4.09. The quantitative estimate of drug-likeness (QED) is 0.585. The predicted molar refractivity (Wildman–Crippen MR) is 124 cm³/mol. The summed E-state index contributed by atoms with van der Waals surface area (Å²) in [7, 11) is 0. The first-order chi connectivity index (χ1) is 14.6. The molecule has 1 saturated heterocycles. The van der Waals surface area contributed by atoms with Crippen molar-refractivity contribution in [1.82, 2.24) is 9.88 Å². The van der Waals surface area contributed by atoms with Gasteiger partial charge in [-0.1, -0.05) is 36.9 Å². The van der Waals surface area contributed by atoms with Gasteiger partial charge in [-0.25, -0.2) is 4.98 Å². The third kappa shape index (κ3) is 4.94. The number of para-hydroxylation sites is 1. The standard InChI is InChI=1S/C22H24N4O2S2/c1-2-20(27)23-16-8-9-18-19(14-16)30-22(24-18)29-15-21(28)26-12-10-25(11-13-26)17-6-4-3-5-7-17/h3-9,14H,2,10-13,15H2,1H3,(H,23,27). The van der Waals surface area contributed by atoms with E-state index in [9.17, 15) is 9.59 Å². The summed E-state index contributed by atoms with van der Waals surface area (Å²) < 4.78 is 1.88. The van der Waals surface area contributed by atoms with E-state index in [0.717, 1.165) is 46.4 Å². The van der Waals surface area contributed by atoms with Crippen LogP contribution in [0.4, 0.5) is 11.4 Å². The van der Waals surface area contributed by atoms with Gasteiger partial charge in [0.05, 0.1) is 16.0 Å². The summed E-state index contributed by atoms with van der Waals surface area (Å²) in [4.78, 5) is 33.1. The molecule has 1 aliphatic rings. The average Bonchev–Trinajstić information content (AvgIpc) is 3.20. The molecule has 2 heterocycles. The third-order valence-electron chi connectivity index (χ3n) is 5.05. The van der Waals surface area contributed by atoms with E-state index in [2.05, 4.69) is 27.3 Å². The second-order valence-corrected chi connectivity index (χ2v) is 9.31. The number of carbonyl (C=O) groups is 2. The zero-order valence-electron chi connectivity index (χ0n) is 16.8. The van der Waals surface area contributed by atoms with E-state index in [1.807, 2.05) is 48.2 Å². The lowest BCUT2D eigenvalue weighted by molar-refractivity contribution is -0.128. The molecule has 0 spiro atoms. The van der Waals surface area contributed by atoms with Gasteiger partial charge in [-0.3, -0.25) is 9.59 Å². The van der Waals surface area contributed by atoms with Crippen LogP contribution in [0.2, 0.25) is 0 Å². The van der Waals surface area contributed by atoms with Crippen molar-refractivity contribution in [3.8, 4) is 0 Å². The lowest BCUT2D eigenvalue weighted by Gasteiger charge is -2.36. The molecule has 0 radical (unpaired) electrons. The van der Waals surface area contributed by atoms with Gasteiger partial charge in [-0.05, 0) is 30.3 Å².